The Morgan fingerprint density at radius 2 is 2.22 bits per heavy atom. The molecular formula is C6H17N2Si+. The quantitative estimate of drug-likeness (QED) is 0.445. The summed E-state index contributed by atoms with van der Waals surface area (Å²) in [4.78, 5) is 0. The normalized spacial score (nSPS) is 29.7. The van der Waals surface area contributed by atoms with Gasteiger partial charge in [-0.3, -0.25) is 4.57 Å². The predicted octanol–water partition coefficient (Wildman–Crippen LogP) is -0.603. The summed E-state index contributed by atoms with van der Waals surface area (Å²) in [5.41, 5.74) is 0. The molecule has 1 aliphatic heterocycles. The van der Waals surface area contributed by atoms with Crippen LogP contribution in [0.3, 0.4) is 0 Å². The maximum absolute atomic E-state index is 2.62. The minimum atomic E-state index is 0.0559. The zero-order chi connectivity index (χ0) is 6.91. The van der Waals surface area contributed by atoms with Gasteiger partial charge in [-0.2, -0.15) is 0 Å². The van der Waals surface area contributed by atoms with Crippen LogP contribution in [0.2, 0.25) is 0 Å². The van der Waals surface area contributed by atoms with Crippen molar-refractivity contribution < 1.29 is 4.15 Å². The number of rotatable bonds is 1. The van der Waals surface area contributed by atoms with Crippen LogP contribution in [0.5, 0.6) is 0 Å². The van der Waals surface area contributed by atoms with Gasteiger partial charge < -0.3 is 4.15 Å². The minimum Gasteiger partial charge on any atom is -0.380 e. The lowest BCUT2D eigenvalue weighted by Crippen LogP contribution is -2.41. The first-order chi connectivity index (χ1) is 4.14. The van der Waals surface area contributed by atoms with E-state index < -0.39 is 0 Å². The molecule has 2 nitrogen and oxygen atoms in total. The SMILES string of the molecule is CCN1CC[N+](C)(C)[SiH2]1. The summed E-state index contributed by atoms with van der Waals surface area (Å²) in [6.45, 7) is 6.25. The fourth-order valence-corrected chi connectivity index (χ4v) is 3.20. The van der Waals surface area contributed by atoms with Crippen LogP contribution >= 0.6 is 0 Å². The second-order valence-electron chi connectivity index (χ2n) is 3.51. The van der Waals surface area contributed by atoms with Crippen molar-refractivity contribution >= 4 is 9.84 Å². The smallest absolute Gasteiger partial charge is 0.337 e. The van der Waals surface area contributed by atoms with E-state index in [0.29, 0.717) is 0 Å². The Bertz CT molecular complexity index is 103. The Morgan fingerprint density at radius 1 is 1.56 bits per heavy atom. The third-order valence-corrected chi connectivity index (χ3v) is 4.30. The zero-order valence-corrected chi connectivity index (χ0v) is 8.14. The number of likely N-dealkylation sites (N-methyl/N-ethyl adjacent to an activating group) is 2. The molecule has 9 heavy (non-hydrogen) atoms. The highest BCUT2D eigenvalue weighted by Crippen LogP contribution is 2.05. The Morgan fingerprint density at radius 3 is 2.44 bits per heavy atom. The molecule has 54 valence electrons. The molecule has 1 rings (SSSR count). The van der Waals surface area contributed by atoms with Crippen molar-refractivity contribution in [3.63, 3.8) is 0 Å². The minimum absolute atomic E-state index is 0.0559. The molecule has 1 saturated heterocycles. The summed E-state index contributed by atoms with van der Waals surface area (Å²) in [6, 6.07) is 0. The van der Waals surface area contributed by atoms with Crippen molar-refractivity contribution in [2.24, 2.45) is 0 Å². The molecule has 0 aromatic heterocycles. The predicted molar refractivity (Wildman–Crippen MR) is 42.8 cm³/mol. The van der Waals surface area contributed by atoms with Gasteiger partial charge in [0.2, 0.25) is 0 Å². The second-order valence-corrected chi connectivity index (χ2v) is 6.40. The molecule has 0 spiro atoms. The van der Waals surface area contributed by atoms with Gasteiger partial charge in [-0.1, -0.05) is 6.92 Å². The third kappa shape index (κ3) is 1.78. The van der Waals surface area contributed by atoms with Crippen LogP contribution in [-0.2, 0) is 0 Å². The first-order valence-corrected chi connectivity index (χ1v) is 4.95. The Hall–Kier alpha value is 0.137. The van der Waals surface area contributed by atoms with Crippen molar-refractivity contribution in [1.82, 2.24) is 4.57 Å². The van der Waals surface area contributed by atoms with E-state index in [-0.39, 0.29) is 9.84 Å². The van der Waals surface area contributed by atoms with Gasteiger partial charge in [-0.15, -0.1) is 0 Å². The summed E-state index contributed by atoms with van der Waals surface area (Å²) in [6.07, 6.45) is 0. The van der Waals surface area contributed by atoms with Gasteiger partial charge in [0.05, 0.1) is 20.6 Å². The van der Waals surface area contributed by atoms with Crippen LogP contribution in [0, 0.1) is 0 Å². The summed E-state index contributed by atoms with van der Waals surface area (Å²) < 4.78 is 3.94. The van der Waals surface area contributed by atoms with Gasteiger partial charge in [0.15, 0.2) is 0 Å². The molecule has 0 unspecified atom stereocenters. The molecule has 0 N–H and O–H groups in total. The summed E-state index contributed by atoms with van der Waals surface area (Å²) in [5.74, 6) is 0. The lowest BCUT2D eigenvalue weighted by molar-refractivity contribution is -0.771. The van der Waals surface area contributed by atoms with Crippen LogP contribution in [0.1, 0.15) is 6.92 Å². The molecule has 0 bridgehead atoms. The van der Waals surface area contributed by atoms with Crippen molar-refractivity contribution in [3.05, 3.63) is 0 Å². The lowest BCUT2D eigenvalue weighted by Gasteiger charge is -2.23. The van der Waals surface area contributed by atoms with Gasteiger partial charge in [0, 0.05) is 6.54 Å². The fraction of sp³-hybridized carbons (Fsp3) is 1.00. The lowest BCUT2D eigenvalue weighted by atomic mass is 10.5. The van der Waals surface area contributed by atoms with Gasteiger partial charge in [0.25, 0.3) is 0 Å². The second kappa shape index (κ2) is 2.40. The number of hydrogen-bond acceptors (Lipinski definition) is 1. The molecule has 0 saturated carbocycles. The van der Waals surface area contributed by atoms with Crippen molar-refractivity contribution in [3.8, 4) is 0 Å². The summed E-state index contributed by atoms with van der Waals surface area (Å²) >= 11 is 0. The van der Waals surface area contributed by atoms with Crippen molar-refractivity contribution in [2.45, 2.75) is 6.92 Å². The monoisotopic (exact) mass is 145 g/mol. The van der Waals surface area contributed by atoms with Crippen LogP contribution < -0.4 is 0 Å². The maximum atomic E-state index is 2.62. The highest BCUT2D eigenvalue weighted by molar-refractivity contribution is 6.23. The van der Waals surface area contributed by atoms with Gasteiger partial charge in [0.1, 0.15) is 0 Å². The number of nitrogens with zero attached hydrogens (tertiary/aromatic N) is 2. The third-order valence-electron chi connectivity index (χ3n) is 2.05. The molecule has 0 aromatic rings. The molecule has 0 aliphatic carbocycles. The molecule has 3 heteroatoms. The van der Waals surface area contributed by atoms with E-state index in [0.717, 1.165) is 0 Å². The Balaban J connectivity index is 2.38. The zero-order valence-electron chi connectivity index (χ0n) is 6.72. The van der Waals surface area contributed by atoms with Gasteiger partial charge >= 0.3 is 9.84 Å². The average molecular weight is 145 g/mol. The molecular weight excluding hydrogens is 128 g/mol. The average Bonchev–Trinajstić information content (AvgIpc) is 2.10. The van der Waals surface area contributed by atoms with Crippen LogP contribution in [0.25, 0.3) is 0 Å². The van der Waals surface area contributed by atoms with E-state index in [1.807, 2.05) is 0 Å². The molecule has 0 amide bonds. The molecule has 0 atom stereocenters. The fourth-order valence-electron chi connectivity index (χ4n) is 1.35. The summed E-state index contributed by atoms with van der Waals surface area (Å²) in [5, 5.41) is 0. The molecule has 1 aliphatic rings. The Kier molecular flexibility index (Phi) is 1.93. The summed E-state index contributed by atoms with van der Waals surface area (Å²) in [7, 11) is 4.75. The van der Waals surface area contributed by atoms with E-state index in [1.165, 1.54) is 23.8 Å². The highest BCUT2D eigenvalue weighted by Gasteiger charge is 2.27. The van der Waals surface area contributed by atoms with E-state index >= 15 is 0 Å². The number of hydrogen-bond donors (Lipinski definition) is 0. The molecule has 0 aromatic carbocycles. The van der Waals surface area contributed by atoms with E-state index in [4.69, 9.17) is 0 Å². The van der Waals surface area contributed by atoms with Crippen LogP contribution in [-0.4, -0.2) is 52.3 Å². The Labute approximate surface area is 60.0 Å². The molecule has 1 heterocycles. The van der Waals surface area contributed by atoms with E-state index in [2.05, 4.69) is 25.6 Å². The maximum Gasteiger partial charge on any atom is 0.337 e. The largest absolute Gasteiger partial charge is 0.380 e. The first kappa shape index (κ1) is 7.25. The molecule has 1 fully saturated rings. The van der Waals surface area contributed by atoms with E-state index in [9.17, 15) is 0 Å². The number of quaternary nitrogens is 1. The molecule has 0 radical (unpaired) electrons. The van der Waals surface area contributed by atoms with Crippen LogP contribution in [0.15, 0.2) is 0 Å². The van der Waals surface area contributed by atoms with Crippen molar-refractivity contribution in [1.29, 1.82) is 0 Å². The van der Waals surface area contributed by atoms with Gasteiger partial charge in [-0.05, 0) is 6.54 Å². The van der Waals surface area contributed by atoms with Crippen LogP contribution in [0.4, 0.5) is 0 Å². The topological polar surface area (TPSA) is 3.24 Å². The van der Waals surface area contributed by atoms with Gasteiger partial charge in [-0.25, -0.2) is 0 Å². The van der Waals surface area contributed by atoms with Crippen molar-refractivity contribution in [2.75, 3.05) is 33.7 Å². The highest BCUT2D eigenvalue weighted by atomic mass is 28.2. The standard InChI is InChI=1S/C6H17N2Si/c1-4-7-5-6-8(2,3)9-7/h4-6,9H2,1-3H3/q+1. The van der Waals surface area contributed by atoms with E-state index in [1.54, 1.807) is 0 Å². The first-order valence-electron chi connectivity index (χ1n) is 3.68.